The van der Waals surface area contributed by atoms with E-state index < -0.39 is 10.0 Å². The van der Waals surface area contributed by atoms with Crippen LogP contribution in [-0.2, 0) is 10.0 Å². The predicted octanol–water partition coefficient (Wildman–Crippen LogP) is 4.98. The first-order chi connectivity index (χ1) is 18.3. The molecule has 0 spiro atoms. The van der Waals surface area contributed by atoms with Crippen LogP contribution in [0.25, 0.3) is 10.8 Å². The number of fused-ring (bicyclic) bond motifs is 1. The average Bonchev–Trinajstić information content (AvgIpc) is 2.93. The summed E-state index contributed by atoms with van der Waals surface area (Å²) in [5.41, 5.74) is 2.59. The van der Waals surface area contributed by atoms with E-state index in [-0.39, 0.29) is 22.8 Å². The first-order valence-electron chi connectivity index (χ1n) is 12.6. The van der Waals surface area contributed by atoms with Gasteiger partial charge in [0.25, 0.3) is 11.8 Å². The van der Waals surface area contributed by atoms with E-state index in [1.807, 2.05) is 49.4 Å². The van der Waals surface area contributed by atoms with Gasteiger partial charge in [0.2, 0.25) is 10.0 Å². The summed E-state index contributed by atoms with van der Waals surface area (Å²) in [7, 11) is -3.85. The number of nitrogens with zero attached hydrogens (tertiary/aromatic N) is 1. The Labute approximate surface area is 222 Å². The minimum absolute atomic E-state index is 0.0405. The van der Waals surface area contributed by atoms with E-state index in [2.05, 4.69) is 10.0 Å². The number of sulfonamides is 1. The van der Waals surface area contributed by atoms with Crippen molar-refractivity contribution >= 4 is 38.3 Å². The Hall–Kier alpha value is -4.01. The first-order valence-corrected chi connectivity index (χ1v) is 14.1. The van der Waals surface area contributed by atoms with Gasteiger partial charge in [-0.15, -0.1) is 0 Å². The van der Waals surface area contributed by atoms with Gasteiger partial charge in [0.15, 0.2) is 0 Å². The van der Waals surface area contributed by atoms with Crippen LogP contribution >= 0.6 is 0 Å². The van der Waals surface area contributed by atoms with E-state index >= 15 is 0 Å². The molecule has 194 valence electrons. The number of amides is 2. The summed E-state index contributed by atoms with van der Waals surface area (Å²) < 4.78 is 29.8. The normalized spacial score (nSPS) is 14.4. The van der Waals surface area contributed by atoms with Crippen molar-refractivity contribution in [1.29, 1.82) is 0 Å². The summed E-state index contributed by atoms with van der Waals surface area (Å²) >= 11 is 0. The molecule has 0 bridgehead atoms. The second-order valence-corrected chi connectivity index (χ2v) is 11.2. The number of rotatable bonds is 6. The Morgan fingerprint density at radius 3 is 2.13 bits per heavy atom. The Balaban J connectivity index is 1.32. The van der Waals surface area contributed by atoms with E-state index in [0.717, 1.165) is 5.56 Å². The average molecular weight is 528 g/mol. The van der Waals surface area contributed by atoms with E-state index in [1.165, 1.54) is 6.07 Å². The van der Waals surface area contributed by atoms with Crippen LogP contribution in [0, 0.1) is 6.92 Å². The third kappa shape index (κ3) is 5.32. The molecule has 1 fully saturated rings. The monoisotopic (exact) mass is 527 g/mol. The number of nitrogens with one attached hydrogen (secondary N) is 2. The number of aryl methyl sites for hydroxylation is 1. The van der Waals surface area contributed by atoms with E-state index in [1.54, 1.807) is 47.4 Å². The molecule has 1 aliphatic heterocycles. The second kappa shape index (κ2) is 10.8. The molecule has 4 aromatic carbocycles. The molecule has 38 heavy (non-hydrogen) atoms. The SMILES string of the molecule is Cc1ccccc1C(=O)Nc1ccc(S(=O)(=O)NC2CCN(C(=O)c3ccccc3)CC2)c2ccccc12. The minimum Gasteiger partial charge on any atom is -0.339 e. The highest BCUT2D eigenvalue weighted by molar-refractivity contribution is 7.89. The van der Waals surface area contributed by atoms with Gasteiger partial charge in [0, 0.05) is 46.7 Å². The van der Waals surface area contributed by atoms with Crippen molar-refractivity contribution in [3.63, 3.8) is 0 Å². The van der Waals surface area contributed by atoms with Crippen LogP contribution in [0.4, 0.5) is 5.69 Å². The molecule has 0 atom stereocenters. The van der Waals surface area contributed by atoms with Gasteiger partial charge in [-0.3, -0.25) is 9.59 Å². The van der Waals surface area contributed by atoms with Crippen LogP contribution in [0.2, 0.25) is 0 Å². The molecule has 0 aliphatic carbocycles. The summed E-state index contributed by atoms with van der Waals surface area (Å²) in [6, 6.07) is 26.4. The van der Waals surface area contributed by atoms with Gasteiger partial charge in [0.05, 0.1) is 4.90 Å². The lowest BCUT2D eigenvalue weighted by Gasteiger charge is -2.32. The highest BCUT2D eigenvalue weighted by atomic mass is 32.2. The van der Waals surface area contributed by atoms with Crippen LogP contribution in [0.5, 0.6) is 0 Å². The number of hydrogen-bond donors (Lipinski definition) is 2. The first kappa shape index (κ1) is 25.6. The van der Waals surface area contributed by atoms with Crippen LogP contribution in [0.1, 0.15) is 39.1 Å². The van der Waals surface area contributed by atoms with Crippen LogP contribution < -0.4 is 10.0 Å². The largest absolute Gasteiger partial charge is 0.339 e. The number of anilines is 1. The number of benzene rings is 4. The molecule has 0 radical (unpaired) electrons. The van der Waals surface area contributed by atoms with Crippen LogP contribution in [-0.4, -0.2) is 44.3 Å². The summed E-state index contributed by atoms with van der Waals surface area (Å²) in [5.74, 6) is -0.292. The minimum atomic E-state index is -3.85. The molecule has 1 saturated heterocycles. The quantitative estimate of drug-likeness (QED) is 0.370. The molecule has 2 amide bonds. The topological polar surface area (TPSA) is 95.6 Å². The fourth-order valence-electron chi connectivity index (χ4n) is 4.88. The number of piperidine rings is 1. The predicted molar refractivity (Wildman–Crippen MR) is 149 cm³/mol. The number of carbonyl (C=O) groups is 2. The summed E-state index contributed by atoms with van der Waals surface area (Å²) in [5, 5.41) is 4.11. The van der Waals surface area contributed by atoms with Crippen molar-refractivity contribution in [2.45, 2.75) is 30.7 Å². The van der Waals surface area contributed by atoms with Crippen LogP contribution in [0.15, 0.2) is 95.9 Å². The van der Waals surface area contributed by atoms with Crippen molar-refractivity contribution in [2.24, 2.45) is 0 Å². The smallest absolute Gasteiger partial charge is 0.255 e. The van der Waals surface area contributed by atoms with Crippen molar-refractivity contribution in [3.05, 3.63) is 108 Å². The Kier molecular flexibility index (Phi) is 7.26. The van der Waals surface area contributed by atoms with E-state index in [9.17, 15) is 18.0 Å². The third-order valence-electron chi connectivity index (χ3n) is 6.94. The molecule has 7 nitrogen and oxygen atoms in total. The number of hydrogen-bond acceptors (Lipinski definition) is 4. The third-order valence-corrected chi connectivity index (χ3v) is 8.51. The van der Waals surface area contributed by atoms with Crippen molar-refractivity contribution in [1.82, 2.24) is 9.62 Å². The zero-order valence-electron chi connectivity index (χ0n) is 21.1. The van der Waals surface area contributed by atoms with Gasteiger partial charge in [-0.2, -0.15) is 0 Å². The zero-order valence-corrected chi connectivity index (χ0v) is 21.9. The molecule has 0 saturated carbocycles. The van der Waals surface area contributed by atoms with Gasteiger partial charge in [-0.05, 0) is 55.7 Å². The number of carbonyl (C=O) groups excluding carboxylic acids is 2. The summed E-state index contributed by atoms with van der Waals surface area (Å²) in [6.45, 7) is 2.83. The lowest BCUT2D eigenvalue weighted by atomic mass is 10.0. The summed E-state index contributed by atoms with van der Waals surface area (Å²) in [6.07, 6.45) is 1.06. The van der Waals surface area contributed by atoms with E-state index in [4.69, 9.17) is 0 Å². The fraction of sp³-hybridized carbons (Fsp3) is 0.200. The summed E-state index contributed by atoms with van der Waals surface area (Å²) in [4.78, 5) is 27.6. The van der Waals surface area contributed by atoms with Gasteiger partial charge in [-0.25, -0.2) is 13.1 Å². The van der Waals surface area contributed by atoms with Crippen molar-refractivity contribution < 1.29 is 18.0 Å². The lowest BCUT2D eigenvalue weighted by molar-refractivity contribution is 0.0711. The molecule has 1 heterocycles. The maximum absolute atomic E-state index is 13.5. The molecule has 4 aromatic rings. The molecule has 0 aromatic heterocycles. The van der Waals surface area contributed by atoms with Crippen molar-refractivity contribution in [2.75, 3.05) is 18.4 Å². The molecule has 2 N–H and O–H groups in total. The molecule has 5 rings (SSSR count). The molecule has 0 unspecified atom stereocenters. The van der Waals surface area contributed by atoms with Crippen molar-refractivity contribution in [3.8, 4) is 0 Å². The molecule has 1 aliphatic rings. The standard InChI is InChI=1S/C30H29N3O4S/c1-21-9-5-6-12-24(21)29(34)31-27-15-16-28(26-14-8-7-13-25(26)27)38(36,37)32-23-17-19-33(20-18-23)30(35)22-10-3-2-4-11-22/h2-16,23,32H,17-20H2,1H3,(H,31,34). The highest BCUT2D eigenvalue weighted by Gasteiger charge is 2.28. The van der Waals surface area contributed by atoms with Gasteiger partial charge in [-0.1, -0.05) is 60.7 Å². The molecular formula is C30H29N3O4S. The molecule has 8 heteroatoms. The maximum atomic E-state index is 13.5. The fourth-order valence-corrected chi connectivity index (χ4v) is 6.39. The van der Waals surface area contributed by atoms with Gasteiger partial charge in [0.1, 0.15) is 0 Å². The van der Waals surface area contributed by atoms with Gasteiger partial charge < -0.3 is 10.2 Å². The zero-order chi connectivity index (χ0) is 26.7. The Bertz CT molecular complexity index is 1590. The van der Waals surface area contributed by atoms with Gasteiger partial charge >= 0.3 is 0 Å². The molecular weight excluding hydrogens is 498 g/mol. The lowest BCUT2D eigenvalue weighted by Crippen LogP contribution is -2.46. The van der Waals surface area contributed by atoms with E-state index in [0.29, 0.717) is 53.5 Å². The van der Waals surface area contributed by atoms with Crippen LogP contribution in [0.3, 0.4) is 0 Å². The highest BCUT2D eigenvalue weighted by Crippen LogP contribution is 2.30. The number of likely N-dealkylation sites (tertiary alicyclic amines) is 1. The second-order valence-electron chi connectivity index (χ2n) is 9.48. The maximum Gasteiger partial charge on any atom is 0.255 e. The Morgan fingerprint density at radius 1 is 0.789 bits per heavy atom. The Morgan fingerprint density at radius 2 is 1.42 bits per heavy atom.